The molecule has 6 aromatic rings. The van der Waals surface area contributed by atoms with Crippen LogP contribution in [0.1, 0.15) is 177 Å². The minimum absolute atomic E-state index is 0. The maximum absolute atomic E-state index is 16.6. The van der Waals surface area contributed by atoms with Gasteiger partial charge in [0.05, 0.1) is 42.7 Å². The summed E-state index contributed by atoms with van der Waals surface area (Å²) in [5.41, 5.74) is -5.93. The van der Waals surface area contributed by atoms with Crippen molar-refractivity contribution in [3.8, 4) is 22.3 Å². The molecule has 0 fully saturated rings. The summed E-state index contributed by atoms with van der Waals surface area (Å²) in [6.45, 7) is 19.0. The molecule has 2 aromatic heterocycles. The summed E-state index contributed by atoms with van der Waals surface area (Å²) in [5.74, 6) is -16.7. The van der Waals surface area contributed by atoms with Crippen molar-refractivity contribution in [2.24, 2.45) is 11.8 Å². The van der Waals surface area contributed by atoms with Crippen LogP contribution in [0.2, 0.25) is 0 Å². The SMILES string of the molecule is CCOC(=O)C[C@H](CC(=O)C(CC(C)C)n1cc(CCCN(C)C)c(C)cc1=O)c1c(F)c(-c2c(C)ccc(F)c2C)cc(C(F)(F)F)c1F.Cc1cc(=O)n(C(CC(C)C)C(=O)C[C@@H](CC(=O)O)c2c(F)c(-c3c(C)ccc(F)c3C)cc(C(F)(F)F)c2F)cc1CCCN(C)C.S.S.[Li+].[OH-]. The molecule has 2 heterocycles. The fraction of sp³-hybridized carbons (Fsp3) is 0.486. The summed E-state index contributed by atoms with van der Waals surface area (Å²) in [6.07, 6.45) is -8.18. The van der Waals surface area contributed by atoms with E-state index in [-0.39, 0.29) is 128 Å². The number of nitrogens with zero attached hydrogens (tertiary/aromatic N) is 4. The Morgan fingerprint density at radius 2 is 0.873 bits per heavy atom. The first kappa shape index (κ1) is 93.4. The quantitative estimate of drug-likeness (QED) is 0.0268. The molecule has 0 radical (unpaired) electrons. The first-order valence-corrected chi connectivity index (χ1v) is 32.4. The molecule has 0 saturated carbocycles. The summed E-state index contributed by atoms with van der Waals surface area (Å²) in [5, 5.41) is 9.73. The van der Waals surface area contributed by atoms with E-state index in [0.717, 1.165) is 54.8 Å². The molecule has 6 rings (SSSR count). The van der Waals surface area contributed by atoms with Crippen LogP contribution in [0.3, 0.4) is 0 Å². The summed E-state index contributed by atoms with van der Waals surface area (Å²) in [6, 6.07) is 5.61. The standard InChI is InChI=1S/C38H46F6N2O4.C36H42F6N2O4.Li.H2O.2H2S/c1-9-50-33(49)18-26(17-31(47)30(15-21(2)3)46-20-25(11-10-14-45(7)8)23(5)16-32(46)48)35-36(40)27(19-28(37(35)41)38(42,43)44)34-22(4)12-13-29(39)24(34)6;1-19(2)13-28(44-18-23(9-8-12-43(6)7)21(4)14-30(44)46)29(45)15-24(16-31(47)48)33-34(38)25(17-26(35(33)39)36(40,41)42)32-20(3)10-11-27(37)22(32)5;;;;/h12-13,16,19-21,26,30H,9-11,14-15,17-18H2,1-8H3;10-11,14,17-19,24,28H,8-9,12-13,15-16H2,1-7H3,(H,47,48);;3*1H2/q;;+1;;;/p-1/t26-,30?;24-,28?;;;;/m00..../s1. The number of pyridine rings is 2. The van der Waals surface area contributed by atoms with E-state index in [9.17, 15) is 69.0 Å². The zero-order chi connectivity index (χ0) is 73.9. The molecule has 0 aliphatic rings. The second-order valence-corrected chi connectivity index (χ2v) is 26.7. The molecule has 2 N–H and O–H groups in total. The van der Waals surface area contributed by atoms with Gasteiger partial charge in [-0.05, 0) is 220 Å². The molecule has 13 nitrogen and oxygen atoms in total. The fourth-order valence-electron chi connectivity index (χ4n) is 12.5. The average molecular weight is 1480 g/mol. The molecule has 0 saturated heterocycles. The van der Waals surface area contributed by atoms with Crippen LogP contribution in [0, 0.1) is 88.3 Å². The van der Waals surface area contributed by atoms with Crippen molar-refractivity contribution in [2.45, 2.75) is 177 Å². The van der Waals surface area contributed by atoms with E-state index in [2.05, 4.69) is 0 Å². The van der Waals surface area contributed by atoms with Gasteiger partial charge in [0.2, 0.25) is 0 Å². The Hall–Kier alpha value is -6.60. The number of ether oxygens (including phenoxy) is 1. The van der Waals surface area contributed by atoms with Gasteiger partial charge in [0, 0.05) is 71.5 Å². The van der Waals surface area contributed by atoms with Crippen molar-refractivity contribution in [3.05, 3.63) is 183 Å². The van der Waals surface area contributed by atoms with Crippen LogP contribution in [-0.2, 0) is 49.1 Å². The number of esters is 1. The predicted molar refractivity (Wildman–Crippen MR) is 375 cm³/mol. The van der Waals surface area contributed by atoms with Gasteiger partial charge in [0.1, 0.15) is 34.9 Å². The summed E-state index contributed by atoms with van der Waals surface area (Å²) in [7, 11) is 7.69. The van der Waals surface area contributed by atoms with Gasteiger partial charge in [-0.3, -0.25) is 28.8 Å². The molecular formula is C74H93F12LiN4O9S2. The van der Waals surface area contributed by atoms with E-state index < -0.39 is 165 Å². The monoisotopic (exact) mass is 1480 g/mol. The maximum Gasteiger partial charge on any atom is 1.00 e. The van der Waals surface area contributed by atoms with Crippen molar-refractivity contribution in [3.63, 3.8) is 0 Å². The topological polar surface area (TPSA) is 178 Å². The number of halogens is 12. The molecule has 2 unspecified atom stereocenters. The number of carbonyl (C=O) groups is 4. The first-order valence-electron chi connectivity index (χ1n) is 32.4. The molecule has 560 valence electrons. The number of hydrogen-bond acceptors (Lipinski definition) is 10. The Bertz CT molecular complexity index is 4030. The van der Waals surface area contributed by atoms with Crippen LogP contribution in [0.15, 0.2) is 70.5 Å². The van der Waals surface area contributed by atoms with Crippen LogP contribution in [0.5, 0.6) is 0 Å². The van der Waals surface area contributed by atoms with Gasteiger partial charge < -0.3 is 34.3 Å². The normalized spacial score (nSPS) is 12.7. The molecule has 0 bridgehead atoms. The molecule has 0 aliphatic heterocycles. The molecule has 0 spiro atoms. The van der Waals surface area contributed by atoms with Crippen molar-refractivity contribution in [1.82, 2.24) is 18.9 Å². The van der Waals surface area contributed by atoms with E-state index in [1.54, 1.807) is 40.1 Å². The first-order chi connectivity index (χ1) is 45.5. The van der Waals surface area contributed by atoms with Crippen molar-refractivity contribution < 1.29 is 106 Å². The number of aliphatic carboxylic acids is 1. The number of carboxylic acid groups (broad SMARTS) is 1. The molecule has 0 amide bonds. The third-order valence-corrected chi connectivity index (χ3v) is 17.4. The Labute approximate surface area is 614 Å². The summed E-state index contributed by atoms with van der Waals surface area (Å²) >= 11 is 0. The minimum Gasteiger partial charge on any atom is -0.870 e. The smallest absolute Gasteiger partial charge is 0.870 e. The van der Waals surface area contributed by atoms with Crippen LogP contribution >= 0.6 is 27.0 Å². The van der Waals surface area contributed by atoms with Crippen LogP contribution < -0.4 is 30.0 Å². The number of ketones is 2. The van der Waals surface area contributed by atoms with Gasteiger partial charge >= 0.3 is 43.2 Å². The zero-order valence-electron chi connectivity index (χ0n) is 60.5. The molecule has 4 aromatic carbocycles. The van der Waals surface area contributed by atoms with E-state index in [4.69, 9.17) is 4.74 Å². The van der Waals surface area contributed by atoms with Crippen molar-refractivity contribution in [2.75, 3.05) is 47.9 Å². The molecule has 0 aliphatic carbocycles. The molecule has 102 heavy (non-hydrogen) atoms. The predicted octanol–water partition coefficient (Wildman–Crippen LogP) is 13.9. The van der Waals surface area contributed by atoms with E-state index in [0.29, 0.717) is 18.4 Å². The average Bonchev–Trinajstić information content (AvgIpc) is 0.758. The number of rotatable bonds is 29. The molecule has 4 atom stereocenters. The van der Waals surface area contributed by atoms with Crippen molar-refractivity contribution in [1.29, 1.82) is 0 Å². The number of aryl methyl sites for hydroxylation is 6. The van der Waals surface area contributed by atoms with Crippen LogP contribution in [0.4, 0.5) is 52.7 Å². The Morgan fingerprint density at radius 3 is 1.18 bits per heavy atom. The van der Waals surface area contributed by atoms with Crippen LogP contribution in [-0.4, -0.2) is 101 Å². The third kappa shape index (κ3) is 24.0. The number of benzene rings is 4. The number of aromatic nitrogens is 2. The molecular weight excluding hydrogens is 1390 g/mol. The van der Waals surface area contributed by atoms with Crippen LogP contribution in [0.25, 0.3) is 22.3 Å². The number of carboxylic acids is 1. The van der Waals surface area contributed by atoms with Gasteiger partial charge in [0.15, 0.2) is 11.6 Å². The Balaban J connectivity index is 0.000000982. The minimum atomic E-state index is -5.34. The van der Waals surface area contributed by atoms with E-state index >= 15 is 17.6 Å². The number of Topliss-reactive ketones (excluding diaryl/α,β-unsaturated/α-hetero) is 2. The van der Waals surface area contributed by atoms with Gasteiger partial charge in [0.25, 0.3) is 11.1 Å². The second kappa shape index (κ2) is 40.0. The zero-order valence-corrected chi connectivity index (χ0v) is 62.5. The summed E-state index contributed by atoms with van der Waals surface area (Å²) < 4.78 is 187. The fourth-order valence-corrected chi connectivity index (χ4v) is 12.5. The van der Waals surface area contributed by atoms with Gasteiger partial charge in [-0.15, -0.1) is 0 Å². The second-order valence-electron chi connectivity index (χ2n) is 26.7. The largest absolute Gasteiger partial charge is 1.00 e. The van der Waals surface area contributed by atoms with Gasteiger partial charge in [-0.2, -0.15) is 53.3 Å². The van der Waals surface area contributed by atoms with E-state index in [1.165, 1.54) is 68.0 Å². The molecule has 28 heteroatoms. The Kier molecular flexibility index (Phi) is 36.7. The Morgan fingerprint density at radius 1 is 0.529 bits per heavy atom. The van der Waals surface area contributed by atoms with E-state index in [1.807, 2.05) is 51.8 Å². The maximum atomic E-state index is 16.6. The number of carbonyl (C=O) groups excluding carboxylic acids is 3. The van der Waals surface area contributed by atoms with Gasteiger partial charge in [-0.1, -0.05) is 39.8 Å². The third-order valence-electron chi connectivity index (χ3n) is 17.4. The number of hydrogen-bond donors (Lipinski definition) is 1. The summed E-state index contributed by atoms with van der Waals surface area (Å²) in [4.78, 5) is 83.6. The van der Waals surface area contributed by atoms with Gasteiger partial charge in [-0.25, -0.2) is 26.3 Å². The van der Waals surface area contributed by atoms with Crippen molar-refractivity contribution >= 4 is 50.5 Å². The number of alkyl halides is 6.